The number of hydrogen-bond donors (Lipinski definition) is 1. The number of nitro benzene ring substituents is 1. The number of nitrogens with one attached hydrogen (secondary N) is 1. The lowest BCUT2D eigenvalue weighted by atomic mass is 9.90. The van der Waals surface area contributed by atoms with Gasteiger partial charge in [0.25, 0.3) is 5.69 Å². The van der Waals surface area contributed by atoms with Crippen molar-refractivity contribution >= 4 is 31.3 Å². The number of nitro groups is 1. The number of benzene rings is 1. The highest BCUT2D eigenvalue weighted by atomic mass is 35.5. The summed E-state index contributed by atoms with van der Waals surface area (Å²) in [4.78, 5) is 13.6. The lowest BCUT2D eigenvalue weighted by Crippen LogP contribution is -2.59. The van der Waals surface area contributed by atoms with E-state index in [4.69, 9.17) is 16.0 Å². The van der Waals surface area contributed by atoms with Crippen molar-refractivity contribution in [3.05, 3.63) is 33.3 Å². The van der Waals surface area contributed by atoms with Gasteiger partial charge in [-0.1, -0.05) is 32.4 Å². The first-order valence-electron chi connectivity index (χ1n) is 11.8. The highest BCUT2D eigenvalue weighted by Crippen LogP contribution is 2.40. The molecule has 0 amide bonds. The van der Waals surface area contributed by atoms with E-state index in [1.807, 2.05) is 0 Å². The van der Waals surface area contributed by atoms with Crippen LogP contribution in [0.4, 0.5) is 11.4 Å². The molecule has 2 rings (SSSR count). The fourth-order valence-corrected chi connectivity index (χ4v) is 5.78. The summed E-state index contributed by atoms with van der Waals surface area (Å²) in [5.41, 5.74) is 0.609. The van der Waals surface area contributed by atoms with Crippen LogP contribution in [0.15, 0.2) is 18.2 Å². The number of piperidine rings is 1. The quantitative estimate of drug-likeness (QED) is 0.185. The minimum Gasteiger partial charge on any atom is -0.412 e. The predicted molar refractivity (Wildman–Crippen MR) is 137 cm³/mol. The maximum Gasteiger partial charge on any atom is 0.293 e. The Labute approximate surface area is 200 Å². The first kappa shape index (κ1) is 27.1. The third-order valence-corrected chi connectivity index (χ3v) is 11.7. The van der Waals surface area contributed by atoms with Gasteiger partial charge in [-0.15, -0.1) is 0 Å². The van der Waals surface area contributed by atoms with Crippen molar-refractivity contribution in [2.45, 2.75) is 103 Å². The summed E-state index contributed by atoms with van der Waals surface area (Å²) in [6.45, 7) is 20.1. The van der Waals surface area contributed by atoms with Crippen molar-refractivity contribution < 1.29 is 9.35 Å². The van der Waals surface area contributed by atoms with E-state index in [9.17, 15) is 10.1 Å². The summed E-state index contributed by atoms with van der Waals surface area (Å²) in [6.07, 6.45) is 4.38. The van der Waals surface area contributed by atoms with Crippen LogP contribution in [0.5, 0.6) is 0 Å². The van der Waals surface area contributed by atoms with Gasteiger partial charge >= 0.3 is 0 Å². The van der Waals surface area contributed by atoms with Crippen LogP contribution in [0.1, 0.15) is 67.2 Å². The second kappa shape index (κ2) is 10.4. The van der Waals surface area contributed by atoms with Crippen molar-refractivity contribution in [2.75, 3.05) is 18.4 Å². The molecule has 6 nitrogen and oxygen atoms in total. The zero-order valence-corrected chi connectivity index (χ0v) is 22.9. The van der Waals surface area contributed by atoms with Crippen LogP contribution in [0.2, 0.25) is 23.2 Å². The Morgan fingerprint density at radius 3 is 2.47 bits per heavy atom. The molecular weight excluding hydrogens is 442 g/mol. The van der Waals surface area contributed by atoms with Crippen LogP contribution in [0, 0.1) is 10.1 Å². The minimum absolute atomic E-state index is 0.0191. The maximum atomic E-state index is 11.4. The van der Waals surface area contributed by atoms with E-state index in [1.165, 1.54) is 6.07 Å². The van der Waals surface area contributed by atoms with E-state index in [2.05, 4.69) is 64.9 Å². The zero-order chi connectivity index (χ0) is 24.3. The zero-order valence-electron chi connectivity index (χ0n) is 21.1. The SMILES string of the molecule is CC(C)(C)N1CCC[C@H](O[Si](C)(C)C(C)(C)C)[C@H]1CCCNc1ccc(Cl)cc1[N+](=O)[O-]. The van der Waals surface area contributed by atoms with Gasteiger partial charge < -0.3 is 9.74 Å². The number of rotatable bonds is 8. The lowest BCUT2D eigenvalue weighted by Gasteiger charge is -2.51. The van der Waals surface area contributed by atoms with Gasteiger partial charge in [-0.2, -0.15) is 0 Å². The fourth-order valence-electron chi connectivity index (χ4n) is 4.23. The average molecular weight is 484 g/mol. The molecule has 0 spiro atoms. The van der Waals surface area contributed by atoms with Crippen molar-refractivity contribution in [2.24, 2.45) is 0 Å². The molecule has 1 aliphatic rings. The molecule has 1 aromatic rings. The summed E-state index contributed by atoms with van der Waals surface area (Å²) >= 11 is 5.93. The second-order valence-corrected chi connectivity index (χ2v) is 16.7. The molecule has 0 aliphatic carbocycles. The molecule has 32 heavy (non-hydrogen) atoms. The van der Waals surface area contributed by atoms with Crippen LogP contribution in [0.25, 0.3) is 0 Å². The van der Waals surface area contributed by atoms with Gasteiger partial charge in [0, 0.05) is 29.2 Å². The van der Waals surface area contributed by atoms with Crippen LogP contribution < -0.4 is 5.32 Å². The van der Waals surface area contributed by atoms with Crippen molar-refractivity contribution in [1.29, 1.82) is 0 Å². The van der Waals surface area contributed by atoms with E-state index in [1.54, 1.807) is 12.1 Å². The van der Waals surface area contributed by atoms with E-state index < -0.39 is 8.32 Å². The first-order valence-corrected chi connectivity index (χ1v) is 15.0. The van der Waals surface area contributed by atoms with Crippen molar-refractivity contribution in [1.82, 2.24) is 4.90 Å². The summed E-state index contributed by atoms with van der Waals surface area (Å²) in [5, 5.41) is 15.2. The molecule has 0 saturated carbocycles. The smallest absolute Gasteiger partial charge is 0.293 e. The van der Waals surface area contributed by atoms with Gasteiger partial charge in [-0.25, -0.2) is 0 Å². The highest BCUT2D eigenvalue weighted by Gasteiger charge is 2.44. The number of nitrogens with zero attached hydrogens (tertiary/aromatic N) is 2. The summed E-state index contributed by atoms with van der Waals surface area (Å²) < 4.78 is 6.93. The molecule has 1 N–H and O–H groups in total. The molecule has 0 radical (unpaired) electrons. The Balaban J connectivity index is 2.11. The lowest BCUT2D eigenvalue weighted by molar-refractivity contribution is -0.383. The number of anilines is 1. The molecule has 1 aromatic carbocycles. The molecule has 0 unspecified atom stereocenters. The molecule has 8 heteroatoms. The molecule has 0 bridgehead atoms. The van der Waals surface area contributed by atoms with Crippen molar-refractivity contribution in [3.63, 3.8) is 0 Å². The third-order valence-electron chi connectivity index (χ3n) is 6.98. The summed E-state index contributed by atoms with van der Waals surface area (Å²) in [6, 6.07) is 5.11. The molecular formula is C24H42ClN3O3Si. The van der Waals surface area contributed by atoms with Crippen LogP contribution in [-0.2, 0) is 4.43 Å². The number of hydrogen-bond acceptors (Lipinski definition) is 5. The van der Waals surface area contributed by atoms with Gasteiger partial charge in [-0.3, -0.25) is 15.0 Å². The molecule has 1 heterocycles. The molecule has 1 saturated heterocycles. The minimum atomic E-state index is -1.88. The van der Waals surface area contributed by atoms with Gasteiger partial charge in [0.2, 0.25) is 0 Å². The Morgan fingerprint density at radius 2 is 1.91 bits per heavy atom. The van der Waals surface area contributed by atoms with Gasteiger partial charge in [0.05, 0.1) is 11.0 Å². The second-order valence-electron chi connectivity index (χ2n) is 11.5. The summed E-state index contributed by atoms with van der Waals surface area (Å²) in [7, 11) is -1.88. The van der Waals surface area contributed by atoms with E-state index in [0.29, 0.717) is 23.3 Å². The van der Waals surface area contributed by atoms with E-state index in [-0.39, 0.29) is 27.3 Å². The third kappa shape index (κ3) is 6.92. The standard InChI is InChI=1S/C24H42ClN3O3Si/c1-23(2,3)27-16-10-12-22(31-32(7,8)24(4,5)6)20(27)11-9-15-26-19-14-13-18(25)17-21(19)28(29)30/h13-14,17,20,22,26H,9-12,15-16H2,1-8H3/t20-,22+/m1/s1. The van der Waals surface area contributed by atoms with Crippen LogP contribution >= 0.6 is 11.6 Å². The first-order chi connectivity index (χ1) is 14.6. The summed E-state index contributed by atoms with van der Waals surface area (Å²) in [5.74, 6) is 0. The normalized spacial score (nSPS) is 20.9. The van der Waals surface area contributed by atoms with E-state index in [0.717, 1.165) is 32.2 Å². The van der Waals surface area contributed by atoms with Gasteiger partial charge in [0.15, 0.2) is 8.32 Å². The Bertz CT molecular complexity index is 790. The molecule has 2 atom stereocenters. The van der Waals surface area contributed by atoms with Crippen LogP contribution in [-0.4, -0.2) is 48.9 Å². The van der Waals surface area contributed by atoms with E-state index >= 15 is 0 Å². The Morgan fingerprint density at radius 1 is 1.25 bits per heavy atom. The number of likely N-dealkylation sites (tertiary alicyclic amines) is 1. The topological polar surface area (TPSA) is 67.6 Å². The highest BCUT2D eigenvalue weighted by molar-refractivity contribution is 6.74. The fraction of sp³-hybridized carbons (Fsp3) is 0.750. The largest absolute Gasteiger partial charge is 0.412 e. The van der Waals surface area contributed by atoms with Crippen LogP contribution in [0.3, 0.4) is 0 Å². The molecule has 0 aromatic heterocycles. The maximum absolute atomic E-state index is 11.4. The Hall–Kier alpha value is -1.15. The predicted octanol–water partition coefficient (Wildman–Crippen LogP) is 7.09. The van der Waals surface area contributed by atoms with Gasteiger partial charge in [0.1, 0.15) is 5.69 Å². The average Bonchev–Trinajstić information content (AvgIpc) is 2.64. The molecule has 1 fully saturated rings. The Kier molecular flexibility index (Phi) is 8.81. The number of halogens is 1. The monoisotopic (exact) mass is 483 g/mol. The van der Waals surface area contributed by atoms with Gasteiger partial charge in [-0.05, 0) is 83.3 Å². The molecule has 1 aliphatic heterocycles. The van der Waals surface area contributed by atoms with Crippen molar-refractivity contribution in [3.8, 4) is 0 Å². The molecule has 182 valence electrons.